The maximum atomic E-state index is 11.0. The van der Waals surface area contributed by atoms with Gasteiger partial charge in [-0.3, -0.25) is 15.2 Å². The van der Waals surface area contributed by atoms with Crippen LogP contribution >= 0.6 is 0 Å². The van der Waals surface area contributed by atoms with Crippen LogP contribution in [0.3, 0.4) is 0 Å². The van der Waals surface area contributed by atoms with E-state index in [1.807, 2.05) is 51.1 Å². The molecule has 1 aliphatic rings. The number of nitrogens with two attached hydrogens (primary N) is 1. The third kappa shape index (κ3) is 3.69. The number of aromatic amines is 1. The first-order valence-corrected chi connectivity index (χ1v) is 9.08. The minimum atomic E-state index is -0.291. The van der Waals surface area contributed by atoms with E-state index in [0.29, 0.717) is 0 Å². The van der Waals surface area contributed by atoms with Crippen LogP contribution in [0.25, 0.3) is 11.3 Å². The van der Waals surface area contributed by atoms with Gasteiger partial charge in [-0.15, -0.1) is 0 Å². The molecular weight excluding hydrogens is 356 g/mol. The molecule has 0 saturated heterocycles. The highest BCUT2D eigenvalue weighted by molar-refractivity contribution is 5.63. The number of nitro benzene ring substituents is 1. The molecule has 0 aliphatic carbocycles. The Balaban J connectivity index is 0.000000167. The van der Waals surface area contributed by atoms with Crippen molar-refractivity contribution in [2.24, 2.45) is 0 Å². The van der Waals surface area contributed by atoms with Crippen LogP contribution in [-0.2, 0) is 6.42 Å². The van der Waals surface area contributed by atoms with E-state index in [4.69, 9.17) is 10.5 Å². The van der Waals surface area contributed by atoms with E-state index in [9.17, 15) is 10.1 Å². The highest BCUT2D eigenvalue weighted by Crippen LogP contribution is 2.41. The van der Waals surface area contributed by atoms with E-state index in [2.05, 4.69) is 10.2 Å². The van der Waals surface area contributed by atoms with E-state index < -0.39 is 0 Å². The molecule has 4 rings (SSSR count). The molecule has 146 valence electrons. The number of anilines is 1. The zero-order chi connectivity index (χ0) is 20.4. The number of hydrogen-bond donors (Lipinski definition) is 2. The van der Waals surface area contributed by atoms with Crippen molar-refractivity contribution in [1.29, 1.82) is 0 Å². The lowest BCUT2D eigenvalue weighted by Gasteiger charge is -2.11. The predicted molar refractivity (Wildman–Crippen MR) is 110 cm³/mol. The Morgan fingerprint density at radius 1 is 1.14 bits per heavy atom. The van der Waals surface area contributed by atoms with Crippen LogP contribution in [0.2, 0.25) is 0 Å². The zero-order valence-corrected chi connectivity index (χ0v) is 16.4. The summed E-state index contributed by atoms with van der Waals surface area (Å²) in [5.74, 6) is 0.855. The Morgan fingerprint density at radius 2 is 1.82 bits per heavy atom. The largest absolute Gasteiger partial charge is 0.490 e. The molecule has 1 unspecified atom stereocenters. The van der Waals surface area contributed by atoms with E-state index in [1.54, 1.807) is 13.1 Å². The third-order valence-corrected chi connectivity index (χ3v) is 5.06. The molecule has 1 aliphatic heterocycles. The number of nitrogen functional groups attached to an aromatic ring is 1. The predicted octanol–water partition coefficient (Wildman–Crippen LogP) is 4.50. The number of hydrogen-bond acceptors (Lipinski definition) is 5. The normalized spacial score (nSPS) is 14.6. The molecule has 0 fully saturated rings. The number of fused-ring (bicyclic) bond motifs is 1. The van der Waals surface area contributed by atoms with Crippen molar-refractivity contribution in [3.05, 3.63) is 68.9 Å². The fourth-order valence-corrected chi connectivity index (χ4v) is 3.46. The first kappa shape index (κ1) is 19.4. The van der Waals surface area contributed by atoms with E-state index in [1.165, 1.54) is 0 Å². The third-order valence-electron chi connectivity index (χ3n) is 5.06. The Bertz CT molecular complexity index is 996. The van der Waals surface area contributed by atoms with Gasteiger partial charge < -0.3 is 10.5 Å². The van der Waals surface area contributed by atoms with Crippen molar-refractivity contribution in [2.75, 3.05) is 5.73 Å². The number of nitrogens with zero attached hydrogens (tertiary/aromatic N) is 2. The van der Waals surface area contributed by atoms with Crippen LogP contribution in [0.4, 0.5) is 11.4 Å². The molecule has 7 nitrogen and oxygen atoms in total. The molecular formula is C21H24N4O3. The summed E-state index contributed by atoms with van der Waals surface area (Å²) in [4.78, 5) is 10.8. The van der Waals surface area contributed by atoms with Gasteiger partial charge in [-0.2, -0.15) is 5.10 Å². The second-order valence-corrected chi connectivity index (χ2v) is 7.01. The fourth-order valence-electron chi connectivity index (χ4n) is 3.46. The van der Waals surface area contributed by atoms with Gasteiger partial charge in [0, 0.05) is 40.6 Å². The van der Waals surface area contributed by atoms with Gasteiger partial charge in [0.1, 0.15) is 11.9 Å². The van der Waals surface area contributed by atoms with E-state index in [0.717, 1.165) is 51.4 Å². The topological polar surface area (TPSA) is 107 Å². The molecule has 0 radical (unpaired) electrons. The summed E-state index contributed by atoms with van der Waals surface area (Å²) in [7, 11) is 0. The number of ether oxygens (including phenoxy) is 1. The smallest absolute Gasteiger partial charge is 0.275 e. The number of benzene rings is 2. The molecule has 3 aromatic rings. The highest BCUT2D eigenvalue weighted by Gasteiger charge is 2.30. The zero-order valence-electron chi connectivity index (χ0n) is 16.4. The molecule has 1 aromatic heterocycles. The molecule has 28 heavy (non-hydrogen) atoms. The Labute approximate surface area is 163 Å². The lowest BCUT2D eigenvalue weighted by Crippen LogP contribution is -2.05. The number of rotatable bonds is 2. The molecule has 0 saturated carbocycles. The van der Waals surface area contributed by atoms with E-state index in [-0.39, 0.29) is 16.7 Å². The molecule has 2 heterocycles. The van der Waals surface area contributed by atoms with Crippen molar-refractivity contribution in [3.63, 3.8) is 0 Å². The van der Waals surface area contributed by atoms with Crippen molar-refractivity contribution < 1.29 is 9.66 Å². The average molecular weight is 380 g/mol. The summed E-state index contributed by atoms with van der Waals surface area (Å²) < 4.78 is 5.71. The lowest BCUT2D eigenvalue weighted by molar-refractivity contribution is -0.386. The maximum absolute atomic E-state index is 11.0. The SMILES string of the molecule is Cc1c(C)c([N+](=O)[O-])c(C)c2c1OC(C)C2.Nc1ccc(-c2ccn[nH]2)cc1. The van der Waals surface area contributed by atoms with Gasteiger partial charge in [0.05, 0.1) is 10.6 Å². The minimum absolute atomic E-state index is 0.119. The number of H-pyrrole nitrogens is 1. The Hall–Kier alpha value is -3.35. The first-order valence-electron chi connectivity index (χ1n) is 9.08. The summed E-state index contributed by atoms with van der Waals surface area (Å²) in [6.07, 6.45) is 2.61. The second-order valence-electron chi connectivity index (χ2n) is 7.01. The van der Waals surface area contributed by atoms with Crippen molar-refractivity contribution in [3.8, 4) is 17.0 Å². The summed E-state index contributed by atoms with van der Waals surface area (Å²) >= 11 is 0. The van der Waals surface area contributed by atoms with Crippen LogP contribution in [-0.4, -0.2) is 21.2 Å². The summed E-state index contributed by atoms with van der Waals surface area (Å²) in [6.45, 7) is 7.47. The Morgan fingerprint density at radius 3 is 2.39 bits per heavy atom. The second kappa shape index (κ2) is 7.72. The Kier molecular flexibility index (Phi) is 5.35. The van der Waals surface area contributed by atoms with Crippen molar-refractivity contribution in [1.82, 2.24) is 10.2 Å². The maximum Gasteiger partial charge on any atom is 0.275 e. The summed E-state index contributed by atoms with van der Waals surface area (Å²) in [6, 6.07) is 9.59. The van der Waals surface area contributed by atoms with Crippen LogP contribution in [0.5, 0.6) is 5.75 Å². The van der Waals surface area contributed by atoms with Gasteiger partial charge in [-0.1, -0.05) is 12.1 Å². The molecule has 0 amide bonds. The number of nitro groups is 1. The van der Waals surface area contributed by atoms with Gasteiger partial charge in [0.15, 0.2) is 0 Å². The molecule has 1 atom stereocenters. The van der Waals surface area contributed by atoms with Gasteiger partial charge in [0.2, 0.25) is 0 Å². The van der Waals surface area contributed by atoms with Gasteiger partial charge in [0.25, 0.3) is 5.69 Å². The standard InChI is InChI=1S/C12H15NO3.C9H9N3/c1-6-5-10-9(4)11(13(14)15)7(2)8(3)12(10)16-6;10-8-3-1-7(2-4-8)9-5-6-11-12-9/h6H,5H2,1-4H3;1-6H,10H2,(H,11,12). The molecule has 0 spiro atoms. The molecule has 3 N–H and O–H groups in total. The molecule has 7 heteroatoms. The number of nitrogens with one attached hydrogen (secondary N) is 1. The van der Waals surface area contributed by atoms with Gasteiger partial charge in [-0.25, -0.2) is 0 Å². The molecule has 2 aromatic carbocycles. The van der Waals surface area contributed by atoms with Crippen molar-refractivity contribution in [2.45, 2.75) is 40.2 Å². The van der Waals surface area contributed by atoms with Crippen LogP contribution < -0.4 is 10.5 Å². The van der Waals surface area contributed by atoms with Crippen LogP contribution in [0.1, 0.15) is 29.2 Å². The summed E-state index contributed by atoms with van der Waals surface area (Å²) in [5.41, 5.74) is 12.1. The van der Waals surface area contributed by atoms with Crippen LogP contribution in [0.15, 0.2) is 36.5 Å². The first-order chi connectivity index (χ1) is 13.3. The minimum Gasteiger partial charge on any atom is -0.490 e. The number of aromatic nitrogens is 2. The quantitative estimate of drug-likeness (QED) is 0.387. The van der Waals surface area contributed by atoms with E-state index >= 15 is 0 Å². The molecule has 0 bridgehead atoms. The monoisotopic (exact) mass is 380 g/mol. The lowest BCUT2D eigenvalue weighted by atomic mass is 9.95. The van der Waals surface area contributed by atoms with Gasteiger partial charge >= 0.3 is 0 Å². The van der Waals surface area contributed by atoms with Crippen LogP contribution in [0, 0.1) is 30.9 Å². The van der Waals surface area contributed by atoms with Crippen molar-refractivity contribution >= 4 is 11.4 Å². The average Bonchev–Trinajstić information content (AvgIpc) is 3.31. The fraction of sp³-hybridized carbons (Fsp3) is 0.286. The summed E-state index contributed by atoms with van der Waals surface area (Å²) in [5, 5.41) is 17.8. The highest BCUT2D eigenvalue weighted by atomic mass is 16.6. The van der Waals surface area contributed by atoms with Gasteiger partial charge in [-0.05, 0) is 51.5 Å².